The van der Waals surface area contributed by atoms with Crippen molar-refractivity contribution >= 4 is 23.6 Å². The van der Waals surface area contributed by atoms with Crippen LogP contribution in [0, 0.1) is 5.92 Å². The number of hydrogen-bond donors (Lipinski definition) is 4. The monoisotopic (exact) mass is 575 g/mol. The molecular formula is C33H45N5O4. The summed E-state index contributed by atoms with van der Waals surface area (Å²) in [4.78, 5) is 55.9. The Hall–Kier alpha value is -3.72. The van der Waals surface area contributed by atoms with Gasteiger partial charge >= 0.3 is 0 Å². The third-order valence-electron chi connectivity index (χ3n) is 8.83. The summed E-state index contributed by atoms with van der Waals surface area (Å²) in [5, 5.41) is 11.7. The normalized spacial score (nSPS) is 19.5. The Bertz CT molecular complexity index is 1160. The summed E-state index contributed by atoms with van der Waals surface area (Å²) >= 11 is 0. The third kappa shape index (κ3) is 7.37. The zero-order chi connectivity index (χ0) is 30.1. The average molecular weight is 576 g/mol. The largest absolute Gasteiger partial charge is 0.357 e. The Morgan fingerprint density at radius 3 is 1.90 bits per heavy atom. The second kappa shape index (κ2) is 15.0. The Morgan fingerprint density at radius 2 is 1.36 bits per heavy atom. The van der Waals surface area contributed by atoms with Crippen LogP contribution in [0.1, 0.15) is 68.9 Å². The average Bonchev–Trinajstić information content (AvgIpc) is 3.54. The molecule has 2 aromatic carbocycles. The van der Waals surface area contributed by atoms with Crippen LogP contribution in [0.5, 0.6) is 0 Å². The van der Waals surface area contributed by atoms with Crippen LogP contribution >= 0.6 is 0 Å². The molecule has 2 aliphatic rings. The summed E-state index contributed by atoms with van der Waals surface area (Å²) in [5.74, 6) is -1.51. The number of amides is 4. The number of carbonyl (C=O) groups excluding carboxylic acids is 4. The molecule has 1 heterocycles. The van der Waals surface area contributed by atoms with E-state index in [4.69, 9.17) is 0 Å². The zero-order valence-electron chi connectivity index (χ0n) is 25.0. The van der Waals surface area contributed by atoms with Crippen LogP contribution in [0.15, 0.2) is 60.7 Å². The number of carbonyl (C=O) groups is 4. The summed E-state index contributed by atoms with van der Waals surface area (Å²) in [6.07, 6.45) is 6.06. The van der Waals surface area contributed by atoms with E-state index in [1.54, 1.807) is 25.9 Å². The van der Waals surface area contributed by atoms with Gasteiger partial charge in [0.2, 0.25) is 23.6 Å². The first kappa shape index (κ1) is 31.2. The molecule has 1 saturated carbocycles. The topological polar surface area (TPSA) is 120 Å². The molecule has 2 unspecified atom stereocenters. The molecule has 226 valence electrons. The lowest BCUT2D eigenvalue weighted by atomic mass is 9.83. The molecule has 1 aliphatic heterocycles. The van der Waals surface area contributed by atoms with Gasteiger partial charge in [0, 0.05) is 19.5 Å². The molecule has 0 spiro atoms. The Morgan fingerprint density at radius 1 is 0.762 bits per heavy atom. The maximum Gasteiger partial charge on any atom is 0.246 e. The highest BCUT2D eigenvalue weighted by Crippen LogP contribution is 2.31. The third-order valence-corrected chi connectivity index (χ3v) is 8.83. The molecule has 4 rings (SSSR count). The molecule has 4 atom stereocenters. The van der Waals surface area contributed by atoms with E-state index in [2.05, 4.69) is 21.3 Å². The smallest absolute Gasteiger partial charge is 0.246 e. The lowest BCUT2D eigenvalue weighted by Gasteiger charge is -2.36. The van der Waals surface area contributed by atoms with Crippen LogP contribution in [-0.2, 0) is 19.2 Å². The highest BCUT2D eigenvalue weighted by molar-refractivity contribution is 5.95. The molecule has 4 amide bonds. The number of nitrogens with zero attached hydrogens (tertiary/aromatic N) is 1. The minimum absolute atomic E-state index is 0.0303. The summed E-state index contributed by atoms with van der Waals surface area (Å²) in [5.41, 5.74) is 1.80. The number of nitrogens with one attached hydrogen (secondary N) is 4. The second-order valence-electron chi connectivity index (χ2n) is 11.5. The fourth-order valence-electron chi connectivity index (χ4n) is 6.34. The van der Waals surface area contributed by atoms with Gasteiger partial charge in [-0.3, -0.25) is 19.2 Å². The lowest BCUT2D eigenvalue weighted by Crippen LogP contribution is -2.59. The maximum absolute atomic E-state index is 14.1. The van der Waals surface area contributed by atoms with Crippen molar-refractivity contribution in [2.45, 2.75) is 82.0 Å². The number of benzene rings is 2. The van der Waals surface area contributed by atoms with Crippen molar-refractivity contribution in [2.75, 3.05) is 20.6 Å². The van der Waals surface area contributed by atoms with Crippen LogP contribution in [0.3, 0.4) is 0 Å². The molecule has 42 heavy (non-hydrogen) atoms. The zero-order valence-corrected chi connectivity index (χ0v) is 25.0. The second-order valence-corrected chi connectivity index (χ2v) is 11.5. The molecule has 1 saturated heterocycles. The van der Waals surface area contributed by atoms with Gasteiger partial charge in [-0.2, -0.15) is 0 Å². The molecule has 9 nitrogen and oxygen atoms in total. The van der Waals surface area contributed by atoms with Crippen molar-refractivity contribution < 1.29 is 19.2 Å². The highest BCUT2D eigenvalue weighted by atomic mass is 16.2. The molecule has 9 heteroatoms. The van der Waals surface area contributed by atoms with Crippen LogP contribution in [-0.4, -0.2) is 73.3 Å². The fourth-order valence-corrected chi connectivity index (χ4v) is 6.34. The summed E-state index contributed by atoms with van der Waals surface area (Å²) in [7, 11) is 3.27. The SMILES string of the molecule is CNC(=O)C(NC(=O)C1CCCN1C(=O)[C@H](NC(=O)[C@H](C)NC)C1CCCCC1)C(c1ccccc1)c1ccccc1. The van der Waals surface area contributed by atoms with Gasteiger partial charge in [0.25, 0.3) is 0 Å². The summed E-state index contributed by atoms with van der Waals surface area (Å²) in [6.45, 7) is 2.20. The number of likely N-dealkylation sites (N-methyl/N-ethyl adjacent to an activating group) is 2. The van der Waals surface area contributed by atoms with Crippen molar-refractivity contribution in [1.82, 2.24) is 26.2 Å². The van der Waals surface area contributed by atoms with Crippen LogP contribution in [0.25, 0.3) is 0 Å². The first-order valence-corrected chi connectivity index (χ1v) is 15.3. The Balaban J connectivity index is 1.59. The van der Waals surface area contributed by atoms with E-state index in [9.17, 15) is 19.2 Å². The van der Waals surface area contributed by atoms with Crippen LogP contribution in [0.4, 0.5) is 0 Å². The molecule has 2 fully saturated rings. The van der Waals surface area contributed by atoms with Gasteiger partial charge in [-0.25, -0.2) is 0 Å². The van der Waals surface area contributed by atoms with Crippen molar-refractivity contribution in [3.63, 3.8) is 0 Å². The predicted octanol–water partition coefficient (Wildman–Crippen LogP) is 2.71. The molecule has 0 radical (unpaired) electrons. The highest BCUT2D eigenvalue weighted by Gasteiger charge is 2.42. The van der Waals surface area contributed by atoms with Gasteiger partial charge in [-0.1, -0.05) is 79.9 Å². The van der Waals surface area contributed by atoms with E-state index < -0.39 is 30.1 Å². The number of likely N-dealkylation sites (tertiary alicyclic amines) is 1. The van der Waals surface area contributed by atoms with E-state index in [1.165, 1.54) is 0 Å². The van der Waals surface area contributed by atoms with E-state index in [0.717, 1.165) is 43.2 Å². The van der Waals surface area contributed by atoms with E-state index in [0.29, 0.717) is 19.4 Å². The first-order chi connectivity index (χ1) is 20.3. The molecule has 4 N–H and O–H groups in total. The van der Waals surface area contributed by atoms with Crippen molar-refractivity contribution in [1.29, 1.82) is 0 Å². The Labute approximate surface area is 249 Å². The molecule has 0 bridgehead atoms. The van der Waals surface area contributed by atoms with Gasteiger partial charge in [-0.15, -0.1) is 0 Å². The summed E-state index contributed by atoms with van der Waals surface area (Å²) in [6, 6.07) is 16.6. The van der Waals surface area contributed by atoms with E-state index in [1.807, 2.05) is 60.7 Å². The van der Waals surface area contributed by atoms with Crippen LogP contribution in [0.2, 0.25) is 0 Å². The molecule has 1 aliphatic carbocycles. The van der Waals surface area contributed by atoms with Gasteiger partial charge < -0.3 is 26.2 Å². The van der Waals surface area contributed by atoms with Gasteiger partial charge in [0.1, 0.15) is 18.1 Å². The Kier molecular flexibility index (Phi) is 11.1. The van der Waals surface area contributed by atoms with Crippen molar-refractivity contribution in [3.05, 3.63) is 71.8 Å². The van der Waals surface area contributed by atoms with E-state index >= 15 is 0 Å². The number of hydrogen-bond acceptors (Lipinski definition) is 5. The lowest BCUT2D eigenvalue weighted by molar-refractivity contribution is -0.143. The number of rotatable bonds is 11. The maximum atomic E-state index is 14.1. The van der Waals surface area contributed by atoms with Crippen LogP contribution < -0.4 is 21.3 Å². The molecule has 2 aromatic rings. The molecular weight excluding hydrogens is 530 g/mol. The predicted molar refractivity (Wildman–Crippen MR) is 162 cm³/mol. The van der Waals surface area contributed by atoms with Gasteiger partial charge in [0.05, 0.1) is 6.04 Å². The quantitative estimate of drug-likeness (QED) is 0.329. The first-order valence-electron chi connectivity index (χ1n) is 15.3. The standard InChI is InChI=1S/C33H45N5O4/c1-22(34-2)30(39)36-28(25-18-11-6-12-19-25)33(42)38-21-13-20-26(38)31(40)37-29(32(41)35-3)27(23-14-7-4-8-15-23)24-16-9-5-10-17-24/h4-5,7-10,14-17,22,25-29,34H,6,11-13,18-21H2,1-3H3,(H,35,41)(H,36,39)(H,37,40)/t22-,26?,28+,29?/m0/s1. The fraction of sp³-hybridized carbons (Fsp3) is 0.515. The van der Waals surface area contributed by atoms with Gasteiger partial charge in [0.15, 0.2) is 0 Å². The minimum Gasteiger partial charge on any atom is -0.357 e. The molecule has 0 aromatic heterocycles. The minimum atomic E-state index is -0.893. The van der Waals surface area contributed by atoms with E-state index in [-0.39, 0.29) is 29.5 Å². The van der Waals surface area contributed by atoms with Gasteiger partial charge in [-0.05, 0) is 56.7 Å². The van der Waals surface area contributed by atoms with Crippen molar-refractivity contribution in [2.24, 2.45) is 5.92 Å². The summed E-state index contributed by atoms with van der Waals surface area (Å²) < 4.78 is 0. The van der Waals surface area contributed by atoms with Crippen molar-refractivity contribution in [3.8, 4) is 0 Å².